The molecule has 0 bridgehead atoms. The van der Waals surface area contributed by atoms with Crippen molar-refractivity contribution in [2.45, 2.75) is 38.5 Å². The number of carbonyl (C=O) groups is 1. The summed E-state index contributed by atoms with van der Waals surface area (Å²) in [5.74, 6) is 0.167. The maximum Gasteiger partial charge on any atom is 0.251 e. The Kier molecular flexibility index (Phi) is 4.77. The van der Waals surface area contributed by atoms with E-state index >= 15 is 0 Å². The van der Waals surface area contributed by atoms with Gasteiger partial charge in [-0.3, -0.25) is 4.79 Å². The third-order valence-corrected chi connectivity index (χ3v) is 5.18. The first kappa shape index (κ1) is 17.5. The fraction of sp³-hybridized carbons (Fsp3) is 0.350. The largest absolute Gasteiger partial charge is 0.391 e. The fourth-order valence-corrected chi connectivity index (χ4v) is 3.83. The summed E-state index contributed by atoms with van der Waals surface area (Å²) in [5.41, 5.74) is 2.50. The predicted octanol–water partition coefficient (Wildman–Crippen LogP) is 1.95. The molecule has 2 N–H and O–H groups in total. The van der Waals surface area contributed by atoms with E-state index in [1.165, 1.54) is 0 Å². The lowest BCUT2D eigenvalue weighted by Gasteiger charge is -2.17. The molecule has 140 valence electrons. The van der Waals surface area contributed by atoms with Gasteiger partial charge in [0.1, 0.15) is 0 Å². The number of hydrogen-bond donors (Lipinski definition) is 2. The van der Waals surface area contributed by atoms with Crippen molar-refractivity contribution in [2.75, 3.05) is 0 Å². The van der Waals surface area contributed by atoms with E-state index in [9.17, 15) is 9.90 Å². The molecule has 1 aromatic carbocycles. The molecule has 27 heavy (non-hydrogen) atoms. The van der Waals surface area contributed by atoms with Gasteiger partial charge in [0.15, 0.2) is 0 Å². The van der Waals surface area contributed by atoms with Crippen LogP contribution in [0.5, 0.6) is 0 Å². The molecular weight excluding hydrogens is 342 g/mol. The number of rotatable bonds is 5. The van der Waals surface area contributed by atoms with Crippen LogP contribution in [0.2, 0.25) is 0 Å². The summed E-state index contributed by atoms with van der Waals surface area (Å²) >= 11 is 0. The number of carbonyl (C=O) groups excluding carboxylic acids is 1. The van der Waals surface area contributed by atoms with Crippen LogP contribution in [0.15, 0.2) is 55.4 Å². The van der Waals surface area contributed by atoms with Crippen molar-refractivity contribution >= 4 is 5.91 Å². The molecule has 0 aliphatic heterocycles. The summed E-state index contributed by atoms with van der Waals surface area (Å²) in [6.45, 7) is 2.76. The molecule has 2 heterocycles. The van der Waals surface area contributed by atoms with Crippen LogP contribution in [0, 0.1) is 12.8 Å². The molecule has 2 aromatic heterocycles. The first-order valence-electron chi connectivity index (χ1n) is 9.15. The maximum absolute atomic E-state index is 12.7. The summed E-state index contributed by atoms with van der Waals surface area (Å²) in [7, 11) is 0. The molecule has 1 unspecified atom stereocenters. The average molecular weight is 365 g/mol. The van der Waals surface area contributed by atoms with Gasteiger partial charge >= 0.3 is 0 Å². The van der Waals surface area contributed by atoms with Crippen LogP contribution in [-0.4, -0.2) is 42.5 Å². The third kappa shape index (κ3) is 3.78. The number of aryl methyl sites for hydroxylation is 1. The topological polar surface area (TPSA) is 85.0 Å². The van der Waals surface area contributed by atoms with Gasteiger partial charge in [-0.2, -0.15) is 5.10 Å². The van der Waals surface area contributed by atoms with Gasteiger partial charge in [-0.15, -0.1) is 0 Å². The van der Waals surface area contributed by atoms with E-state index in [0.29, 0.717) is 17.9 Å². The molecule has 7 heteroatoms. The van der Waals surface area contributed by atoms with Gasteiger partial charge in [0.25, 0.3) is 5.91 Å². The number of benzene rings is 1. The van der Waals surface area contributed by atoms with Crippen molar-refractivity contribution in [1.29, 1.82) is 0 Å². The maximum atomic E-state index is 12.7. The van der Waals surface area contributed by atoms with Gasteiger partial charge in [0, 0.05) is 36.9 Å². The van der Waals surface area contributed by atoms with Gasteiger partial charge < -0.3 is 15.0 Å². The highest BCUT2D eigenvalue weighted by atomic mass is 16.3. The predicted molar refractivity (Wildman–Crippen MR) is 101 cm³/mol. The second kappa shape index (κ2) is 7.36. The lowest BCUT2D eigenvalue weighted by molar-refractivity contribution is 0.0872. The Labute approximate surface area is 157 Å². The smallest absolute Gasteiger partial charge is 0.251 e. The molecule has 3 atom stereocenters. The first-order chi connectivity index (χ1) is 13.1. The lowest BCUT2D eigenvalue weighted by Crippen LogP contribution is -2.39. The van der Waals surface area contributed by atoms with Gasteiger partial charge in [0.05, 0.1) is 24.2 Å². The zero-order valence-electron chi connectivity index (χ0n) is 15.2. The van der Waals surface area contributed by atoms with Crippen LogP contribution in [0.3, 0.4) is 0 Å². The highest BCUT2D eigenvalue weighted by Gasteiger charge is 2.34. The lowest BCUT2D eigenvalue weighted by atomic mass is 10.1. The number of amides is 1. The van der Waals surface area contributed by atoms with E-state index in [4.69, 9.17) is 0 Å². The Morgan fingerprint density at radius 1 is 1.30 bits per heavy atom. The van der Waals surface area contributed by atoms with Crippen LogP contribution < -0.4 is 5.32 Å². The molecular formula is C20H23N5O2. The Morgan fingerprint density at radius 3 is 2.89 bits per heavy atom. The molecule has 1 aliphatic carbocycles. The minimum Gasteiger partial charge on any atom is -0.391 e. The van der Waals surface area contributed by atoms with Crippen LogP contribution in [-0.2, 0) is 6.54 Å². The van der Waals surface area contributed by atoms with Crippen molar-refractivity contribution in [1.82, 2.24) is 24.6 Å². The number of aliphatic hydroxyl groups is 1. The minimum absolute atomic E-state index is 0.155. The SMILES string of the molecule is Cc1cc(C(=O)N[C@@H]2CC(Cn3ccnc3)C[C@H]2O)ccc1-n1cccn1. The molecule has 0 saturated heterocycles. The van der Waals surface area contributed by atoms with E-state index in [0.717, 1.165) is 24.2 Å². The van der Waals surface area contributed by atoms with E-state index in [-0.39, 0.29) is 11.9 Å². The number of imidazole rings is 1. The normalized spacial score (nSPS) is 22.1. The van der Waals surface area contributed by atoms with Crippen molar-refractivity contribution in [3.05, 3.63) is 66.5 Å². The van der Waals surface area contributed by atoms with E-state index in [1.807, 2.05) is 42.1 Å². The molecule has 4 rings (SSSR count). The average Bonchev–Trinajstić information content (AvgIpc) is 3.39. The van der Waals surface area contributed by atoms with Crippen molar-refractivity contribution in [3.63, 3.8) is 0 Å². The van der Waals surface area contributed by atoms with E-state index in [2.05, 4.69) is 15.4 Å². The summed E-state index contributed by atoms with van der Waals surface area (Å²) in [4.78, 5) is 16.7. The molecule has 1 aliphatic rings. The monoisotopic (exact) mass is 365 g/mol. The van der Waals surface area contributed by atoms with Gasteiger partial charge in [-0.05, 0) is 55.5 Å². The molecule has 1 fully saturated rings. The quantitative estimate of drug-likeness (QED) is 0.724. The van der Waals surface area contributed by atoms with Crippen LogP contribution >= 0.6 is 0 Å². The Balaban J connectivity index is 1.41. The fourth-order valence-electron chi connectivity index (χ4n) is 3.83. The first-order valence-corrected chi connectivity index (χ1v) is 9.15. The van der Waals surface area contributed by atoms with Crippen LogP contribution in [0.25, 0.3) is 5.69 Å². The second-order valence-corrected chi connectivity index (χ2v) is 7.20. The minimum atomic E-state index is -0.521. The summed E-state index contributed by atoms with van der Waals surface area (Å²) in [6.07, 6.45) is 9.96. The zero-order valence-corrected chi connectivity index (χ0v) is 15.2. The number of nitrogens with zero attached hydrogens (tertiary/aromatic N) is 4. The number of nitrogens with one attached hydrogen (secondary N) is 1. The number of hydrogen-bond acceptors (Lipinski definition) is 4. The van der Waals surface area contributed by atoms with Crippen LogP contribution in [0.4, 0.5) is 0 Å². The summed E-state index contributed by atoms with van der Waals surface area (Å²) in [6, 6.07) is 7.18. The van der Waals surface area contributed by atoms with Crippen LogP contribution in [0.1, 0.15) is 28.8 Å². The van der Waals surface area contributed by atoms with E-state index in [1.54, 1.807) is 29.5 Å². The molecule has 1 amide bonds. The summed E-state index contributed by atoms with van der Waals surface area (Å²) in [5, 5.41) is 17.6. The summed E-state index contributed by atoms with van der Waals surface area (Å²) < 4.78 is 3.79. The standard InChI is InChI=1S/C20H23N5O2/c1-14-9-16(3-4-18(14)25-7-2-5-22-25)20(27)23-17-10-15(11-19(17)26)12-24-8-6-21-13-24/h2-9,13,15,17,19,26H,10-12H2,1H3,(H,23,27)/t15?,17-,19-/m1/s1. The molecule has 0 spiro atoms. The molecule has 7 nitrogen and oxygen atoms in total. The van der Waals surface area contributed by atoms with Gasteiger partial charge in [-0.1, -0.05) is 0 Å². The van der Waals surface area contributed by atoms with E-state index < -0.39 is 6.10 Å². The zero-order chi connectivity index (χ0) is 18.8. The number of aromatic nitrogens is 4. The molecule has 1 saturated carbocycles. The highest BCUT2D eigenvalue weighted by Crippen LogP contribution is 2.28. The van der Waals surface area contributed by atoms with Crippen molar-refractivity contribution in [2.24, 2.45) is 5.92 Å². The third-order valence-electron chi connectivity index (χ3n) is 5.18. The van der Waals surface area contributed by atoms with Crippen molar-refractivity contribution in [3.8, 4) is 5.69 Å². The van der Waals surface area contributed by atoms with Gasteiger partial charge in [-0.25, -0.2) is 9.67 Å². The second-order valence-electron chi connectivity index (χ2n) is 7.20. The number of aliphatic hydroxyl groups excluding tert-OH is 1. The van der Waals surface area contributed by atoms with Gasteiger partial charge in [0.2, 0.25) is 0 Å². The van der Waals surface area contributed by atoms with Crippen molar-refractivity contribution < 1.29 is 9.90 Å². The Morgan fingerprint density at radius 2 is 2.19 bits per heavy atom. The molecule has 0 radical (unpaired) electrons. The Bertz CT molecular complexity index is 905. The highest BCUT2D eigenvalue weighted by molar-refractivity contribution is 5.95. The molecule has 3 aromatic rings. The Hall–Kier alpha value is -2.93.